The van der Waals surface area contributed by atoms with Crippen molar-refractivity contribution in [3.05, 3.63) is 71.3 Å². The minimum Gasteiger partial charge on any atom is -0.449 e. The number of hydrogen-bond donors (Lipinski definition) is 1. The smallest absolute Gasteiger partial charge is 0.338 e. The highest BCUT2D eigenvalue weighted by Gasteiger charge is 2.18. The molecule has 116 valence electrons. The Bertz CT molecular complexity index is 735. The van der Waals surface area contributed by atoms with Crippen LogP contribution in [0.25, 0.3) is 0 Å². The molecule has 2 rings (SSSR count). The molecule has 0 bridgehead atoms. The predicted octanol–water partition coefficient (Wildman–Crippen LogP) is 2.42. The Morgan fingerprint density at radius 3 is 2.61 bits per heavy atom. The summed E-state index contributed by atoms with van der Waals surface area (Å²) in [6.45, 7) is 1.87. The number of nitrogens with zero attached hydrogens (tertiary/aromatic N) is 1. The van der Waals surface area contributed by atoms with Crippen LogP contribution in [0.3, 0.4) is 0 Å². The number of esters is 1. The summed E-state index contributed by atoms with van der Waals surface area (Å²) in [6, 6.07) is 17.5. The van der Waals surface area contributed by atoms with Crippen LogP contribution < -0.4 is 5.32 Å². The zero-order valence-electron chi connectivity index (χ0n) is 12.7. The molecular weight excluding hydrogens is 292 g/mol. The van der Waals surface area contributed by atoms with Gasteiger partial charge in [0.15, 0.2) is 6.10 Å². The molecule has 0 spiro atoms. The highest BCUT2D eigenvalue weighted by molar-refractivity contribution is 5.92. The topological polar surface area (TPSA) is 79.2 Å². The van der Waals surface area contributed by atoms with Gasteiger partial charge in [0, 0.05) is 6.54 Å². The number of carbonyl (C=O) groups is 2. The molecule has 5 nitrogen and oxygen atoms in total. The lowest BCUT2D eigenvalue weighted by atomic mass is 10.1. The van der Waals surface area contributed by atoms with Crippen molar-refractivity contribution in [2.75, 3.05) is 0 Å². The quantitative estimate of drug-likeness (QED) is 0.860. The summed E-state index contributed by atoms with van der Waals surface area (Å²) in [5.41, 5.74) is 1.56. The predicted molar refractivity (Wildman–Crippen MR) is 84.3 cm³/mol. The zero-order valence-corrected chi connectivity index (χ0v) is 12.7. The normalized spacial score (nSPS) is 11.1. The maximum atomic E-state index is 12.0. The van der Waals surface area contributed by atoms with E-state index < -0.39 is 12.1 Å². The van der Waals surface area contributed by atoms with E-state index in [1.807, 2.05) is 36.4 Å². The fraction of sp³-hybridized carbons (Fsp3) is 0.167. The lowest BCUT2D eigenvalue weighted by molar-refractivity contribution is -0.129. The van der Waals surface area contributed by atoms with Gasteiger partial charge in [-0.1, -0.05) is 36.4 Å². The number of nitrogens with one attached hydrogen (secondary N) is 1. The van der Waals surface area contributed by atoms with Gasteiger partial charge in [0.2, 0.25) is 0 Å². The Morgan fingerprint density at radius 1 is 1.17 bits per heavy atom. The largest absolute Gasteiger partial charge is 0.449 e. The molecule has 1 amide bonds. The number of nitriles is 1. The first-order valence-electron chi connectivity index (χ1n) is 7.13. The summed E-state index contributed by atoms with van der Waals surface area (Å²) in [5, 5.41) is 11.5. The molecule has 0 unspecified atom stereocenters. The van der Waals surface area contributed by atoms with Crippen molar-refractivity contribution in [3.8, 4) is 6.07 Å². The molecule has 5 heteroatoms. The summed E-state index contributed by atoms with van der Waals surface area (Å²) in [5.74, 6) is -1.01. The maximum absolute atomic E-state index is 12.0. The van der Waals surface area contributed by atoms with Gasteiger partial charge < -0.3 is 10.1 Å². The van der Waals surface area contributed by atoms with E-state index in [0.29, 0.717) is 12.1 Å². The molecule has 0 heterocycles. The third kappa shape index (κ3) is 4.68. The van der Waals surface area contributed by atoms with Crippen molar-refractivity contribution in [3.63, 3.8) is 0 Å². The molecule has 0 saturated heterocycles. The molecule has 0 aromatic heterocycles. The van der Waals surface area contributed by atoms with Crippen molar-refractivity contribution in [1.29, 1.82) is 5.26 Å². The third-order valence-corrected chi connectivity index (χ3v) is 3.19. The Balaban J connectivity index is 1.90. The summed E-state index contributed by atoms with van der Waals surface area (Å²) in [6.07, 6.45) is -0.919. The van der Waals surface area contributed by atoms with E-state index in [9.17, 15) is 9.59 Å². The highest BCUT2D eigenvalue weighted by atomic mass is 16.5. The van der Waals surface area contributed by atoms with Gasteiger partial charge in [-0.25, -0.2) is 4.79 Å². The van der Waals surface area contributed by atoms with E-state index in [0.717, 1.165) is 5.56 Å². The molecule has 2 aromatic carbocycles. The van der Waals surface area contributed by atoms with Gasteiger partial charge in [0.1, 0.15) is 0 Å². The van der Waals surface area contributed by atoms with Gasteiger partial charge >= 0.3 is 5.97 Å². The minimum absolute atomic E-state index is 0.242. The zero-order chi connectivity index (χ0) is 16.7. The molecule has 23 heavy (non-hydrogen) atoms. The number of ether oxygens (including phenoxy) is 1. The van der Waals surface area contributed by atoms with Crippen LogP contribution in [0, 0.1) is 11.3 Å². The van der Waals surface area contributed by atoms with Crippen molar-refractivity contribution >= 4 is 11.9 Å². The van der Waals surface area contributed by atoms with Crippen LogP contribution in [0.1, 0.15) is 28.4 Å². The number of benzene rings is 2. The second-order valence-electron chi connectivity index (χ2n) is 4.94. The lowest BCUT2D eigenvalue weighted by Gasteiger charge is -2.13. The summed E-state index contributed by atoms with van der Waals surface area (Å²) >= 11 is 0. The highest BCUT2D eigenvalue weighted by Crippen LogP contribution is 2.08. The average molecular weight is 308 g/mol. The van der Waals surface area contributed by atoms with E-state index >= 15 is 0 Å². The van der Waals surface area contributed by atoms with Gasteiger partial charge in [0.05, 0.1) is 17.2 Å². The first kappa shape index (κ1) is 16.2. The molecular formula is C18H16N2O3. The van der Waals surface area contributed by atoms with Crippen molar-refractivity contribution in [2.45, 2.75) is 19.6 Å². The summed E-state index contributed by atoms with van der Waals surface area (Å²) in [4.78, 5) is 24.0. The number of rotatable bonds is 5. The van der Waals surface area contributed by atoms with E-state index in [1.54, 1.807) is 12.1 Å². The van der Waals surface area contributed by atoms with Crippen LogP contribution in [0.2, 0.25) is 0 Å². The summed E-state index contributed by atoms with van der Waals surface area (Å²) in [7, 11) is 0. The second kappa shape index (κ2) is 7.76. The summed E-state index contributed by atoms with van der Waals surface area (Å²) < 4.78 is 5.13. The Kier molecular flexibility index (Phi) is 5.48. The van der Waals surface area contributed by atoms with Crippen molar-refractivity contribution < 1.29 is 14.3 Å². The van der Waals surface area contributed by atoms with Gasteiger partial charge in [-0.15, -0.1) is 0 Å². The lowest BCUT2D eigenvalue weighted by Crippen LogP contribution is -2.35. The molecule has 1 N–H and O–H groups in total. The molecule has 0 aliphatic heterocycles. The van der Waals surface area contributed by atoms with Crippen LogP contribution in [0.5, 0.6) is 0 Å². The van der Waals surface area contributed by atoms with Gasteiger partial charge in [-0.2, -0.15) is 5.26 Å². The fourth-order valence-corrected chi connectivity index (χ4v) is 1.93. The molecule has 0 fully saturated rings. The molecule has 0 aliphatic carbocycles. The fourth-order valence-electron chi connectivity index (χ4n) is 1.93. The van der Waals surface area contributed by atoms with Crippen LogP contribution in [-0.4, -0.2) is 18.0 Å². The Labute approximate surface area is 134 Å². The number of amides is 1. The first-order chi connectivity index (χ1) is 11.1. The van der Waals surface area contributed by atoms with Crippen LogP contribution in [0.15, 0.2) is 54.6 Å². The second-order valence-corrected chi connectivity index (χ2v) is 4.94. The number of hydrogen-bond acceptors (Lipinski definition) is 4. The Morgan fingerprint density at radius 2 is 1.91 bits per heavy atom. The standard InChI is InChI=1S/C18H16N2O3/c1-13(17(21)20-12-14-6-3-2-4-7-14)23-18(22)16-9-5-8-15(10-16)11-19/h2-10,13H,12H2,1H3,(H,20,21)/t13-/m0/s1. The number of carbonyl (C=O) groups excluding carboxylic acids is 2. The van der Waals surface area contributed by atoms with E-state index in [1.165, 1.54) is 19.1 Å². The van der Waals surface area contributed by atoms with E-state index in [-0.39, 0.29) is 11.5 Å². The van der Waals surface area contributed by atoms with E-state index in [2.05, 4.69) is 5.32 Å². The molecule has 2 aromatic rings. The molecule has 1 atom stereocenters. The average Bonchev–Trinajstić information content (AvgIpc) is 2.60. The minimum atomic E-state index is -0.919. The van der Waals surface area contributed by atoms with Gasteiger partial charge in [-0.05, 0) is 30.7 Å². The molecule has 0 aliphatic rings. The first-order valence-corrected chi connectivity index (χ1v) is 7.13. The SMILES string of the molecule is C[C@H](OC(=O)c1cccc(C#N)c1)C(=O)NCc1ccccc1. The van der Waals surface area contributed by atoms with Crippen molar-refractivity contribution in [2.24, 2.45) is 0 Å². The van der Waals surface area contributed by atoms with Crippen LogP contribution in [-0.2, 0) is 16.1 Å². The van der Waals surface area contributed by atoms with E-state index in [4.69, 9.17) is 10.00 Å². The van der Waals surface area contributed by atoms with Crippen LogP contribution in [0.4, 0.5) is 0 Å². The third-order valence-electron chi connectivity index (χ3n) is 3.19. The van der Waals surface area contributed by atoms with Crippen molar-refractivity contribution in [1.82, 2.24) is 5.32 Å². The molecule has 0 radical (unpaired) electrons. The van der Waals surface area contributed by atoms with Gasteiger partial charge in [-0.3, -0.25) is 4.79 Å². The maximum Gasteiger partial charge on any atom is 0.338 e. The Hall–Kier alpha value is -3.13. The van der Waals surface area contributed by atoms with Gasteiger partial charge in [0.25, 0.3) is 5.91 Å². The monoisotopic (exact) mass is 308 g/mol. The van der Waals surface area contributed by atoms with Crippen LogP contribution >= 0.6 is 0 Å². The molecule has 0 saturated carbocycles.